The van der Waals surface area contributed by atoms with Gasteiger partial charge in [0.05, 0.1) is 0 Å². The lowest BCUT2D eigenvalue weighted by Gasteiger charge is -1.99. The minimum Gasteiger partial charge on any atom is -0.319 e. The first kappa shape index (κ1) is 10.1. The number of halogens is 1. The average molecular weight is 270 g/mol. The molecule has 1 heterocycles. The van der Waals surface area contributed by atoms with Gasteiger partial charge in [-0.1, -0.05) is 12.1 Å². The fourth-order valence-corrected chi connectivity index (χ4v) is 3.19. The van der Waals surface area contributed by atoms with Gasteiger partial charge in [0.25, 0.3) is 0 Å². The van der Waals surface area contributed by atoms with Crippen LogP contribution in [0.5, 0.6) is 0 Å². The normalized spacial score (nSPS) is 11.0. The third-order valence-electron chi connectivity index (χ3n) is 2.28. The van der Waals surface area contributed by atoms with Crippen LogP contribution in [0.2, 0.25) is 0 Å². The first-order valence-electron chi connectivity index (χ1n) is 4.62. The Morgan fingerprint density at radius 3 is 3.07 bits per heavy atom. The summed E-state index contributed by atoms with van der Waals surface area (Å²) in [6.07, 6.45) is 1.10. The van der Waals surface area contributed by atoms with E-state index in [-0.39, 0.29) is 0 Å². The van der Waals surface area contributed by atoms with Gasteiger partial charge in [0, 0.05) is 9.17 Å². The molecule has 0 fully saturated rings. The molecule has 1 aromatic heterocycles. The zero-order valence-corrected chi connectivity index (χ0v) is 10.4. The molecule has 0 radical (unpaired) electrons. The van der Waals surface area contributed by atoms with Crippen molar-refractivity contribution in [3.8, 4) is 0 Å². The van der Waals surface area contributed by atoms with Crippen LogP contribution in [0.15, 0.2) is 28.1 Å². The maximum Gasteiger partial charge on any atom is 0.0487 e. The van der Waals surface area contributed by atoms with E-state index in [0.29, 0.717) is 0 Å². The molecule has 0 aliphatic rings. The van der Waals surface area contributed by atoms with Crippen molar-refractivity contribution in [2.24, 2.45) is 0 Å². The van der Waals surface area contributed by atoms with Crippen molar-refractivity contribution in [3.05, 3.63) is 33.6 Å². The van der Waals surface area contributed by atoms with Gasteiger partial charge in [-0.25, -0.2) is 0 Å². The Kier molecular flexibility index (Phi) is 3.21. The van der Waals surface area contributed by atoms with Gasteiger partial charge in [-0.05, 0) is 58.3 Å². The maximum absolute atomic E-state index is 3.57. The van der Waals surface area contributed by atoms with E-state index in [1.165, 1.54) is 20.1 Å². The predicted molar refractivity (Wildman–Crippen MR) is 67.2 cm³/mol. The third kappa shape index (κ3) is 1.85. The molecular weight excluding hydrogens is 258 g/mol. The molecule has 0 spiro atoms. The Morgan fingerprint density at radius 1 is 1.43 bits per heavy atom. The highest BCUT2D eigenvalue weighted by molar-refractivity contribution is 9.10. The van der Waals surface area contributed by atoms with Crippen molar-refractivity contribution in [1.29, 1.82) is 0 Å². The summed E-state index contributed by atoms with van der Waals surface area (Å²) in [5, 5.41) is 6.82. The van der Waals surface area contributed by atoms with Gasteiger partial charge in [-0.15, -0.1) is 11.3 Å². The zero-order valence-electron chi connectivity index (χ0n) is 8.01. The van der Waals surface area contributed by atoms with Crippen molar-refractivity contribution in [2.75, 3.05) is 13.6 Å². The molecule has 0 unspecified atom stereocenters. The van der Waals surface area contributed by atoms with Gasteiger partial charge in [0.1, 0.15) is 0 Å². The largest absolute Gasteiger partial charge is 0.319 e. The maximum atomic E-state index is 3.57. The molecule has 3 heteroatoms. The lowest BCUT2D eigenvalue weighted by atomic mass is 10.1. The van der Waals surface area contributed by atoms with Gasteiger partial charge in [0.2, 0.25) is 0 Å². The SMILES string of the molecule is CNCCc1csc2c(Br)cccc12. The highest BCUT2D eigenvalue weighted by atomic mass is 79.9. The average Bonchev–Trinajstić information content (AvgIpc) is 2.60. The van der Waals surface area contributed by atoms with Crippen molar-refractivity contribution in [1.82, 2.24) is 5.32 Å². The summed E-state index contributed by atoms with van der Waals surface area (Å²) in [5.74, 6) is 0. The fraction of sp³-hybridized carbons (Fsp3) is 0.273. The van der Waals surface area contributed by atoms with Crippen LogP contribution in [0.25, 0.3) is 10.1 Å². The molecule has 0 atom stereocenters. The molecule has 74 valence electrons. The van der Waals surface area contributed by atoms with Gasteiger partial charge in [-0.2, -0.15) is 0 Å². The second-order valence-electron chi connectivity index (χ2n) is 3.23. The Bertz CT molecular complexity index is 436. The topological polar surface area (TPSA) is 12.0 Å². The molecule has 2 aromatic rings. The number of benzene rings is 1. The Balaban J connectivity index is 2.42. The van der Waals surface area contributed by atoms with Crippen LogP contribution >= 0.6 is 27.3 Å². The number of rotatable bonds is 3. The number of hydrogen-bond donors (Lipinski definition) is 1. The highest BCUT2D eigenvalue weighted by Crippen LogP contribution is 2.32. The summed E-state index contributed by atoms with van der Waals surface area (Å²) in [5.41, 5.74) is 1.45. The van der Waals surface area contributed by atoms with E-state index in [1.54, 1.807) is 0 Å². The predicted octanol–water partition coefficient (Wildman–Crippen LogP) is 3.43. The Morgan fingerprint density at radius 2 is 2.29 bits per heavy atom. The molecular formula is C11H12BrNS. The minimum absolute atomic E-state index is 1.04. The van der Waals surface area contributed by atoms with Crippen molar-refractivity contribution in [3.63, 3.8) is 0 Å². The lowest BCUT2D eigenvalue weighted by Crippen LogP contribution is -2.09. The van der Waals surface area contributed by atoms with E-state index < -0.39 is 0 Å². The van der Waals surface area contributed by atoms with E-state index in [0.717, 1.165) is 13.0 Å². The quantitative estimate of drug-likeness (QED) is 0.901. The third-order valence-corrected chi connectivity index (χ3v) is 4.28. The molecule has 0 aliphatic heterocycles. The summed E-state index contributed by atoms with van der Waals surface area (Å²) >= 11 is 5.39. The standard InChI is InChI=1S/C11H12BrNS/c1-13-6-5-8-7-14-11-9(8)3-2-4-10(11)12/h2-4,7,13H,5-6H2,1H3. The molecule has 0 amide bonds. The second-order valence-corrected chi connectivity index (χ2v) is 4.97. The molecule has 0 bridgehead atoms. The van der Waals surface area contributed by atoms with Gasteiger partial charge >= 0.3 is 0 Å². The first-order chi connectivity index (χ1) is 6.83. The molecule has 0 saturated heterocycles. The molecule has 0 saturated carbocycles. The summed E-state index contributed by atoms with van der Waals surface area (Å²) in [4.78, 5) is 0. The van der Waals surface area contributed by atoms with Gasteiger partial charge in [-0.3, -0.25) is 0 Å². The van der Waals surface area contributed by atoms with Crippen molar-refractivity contribution < 1.29 is 0 Å². The fourth-order valence-electron chi connectivity index (χ4n) is 1.53. The van der Waals surface area contributed by atoms with E-state index in [2.05, 4.69) is 44.8 Å². The number of thiophene rings is 1. The van der Waals surface area contributed by atoms with Crippen molar-refractivity contribution >= 4 is 37.4 Å². The Labute approximate surface area is 96.3 Å². The van der Waals surface area contributed by atoms with Crippen LogP contribution < -0.4 is 5.32 Å². The number of fused-ring (bicyclic) bond motifs is 1. The minimum atomic E-state index is 1.04. The molecule has 0 aliphatic carbocycles. The Hall–Kier alpha value is -0.380. The molecule has 1 nitrogen and oxygen atoms in total. The van der Waals surface area contributed by atoms with Gasteiger partial charge in [0.15, 0.2) is 0 Å². The molecule has 2 rings (SSSR count). The summed E-state index contributed by atoms with van der Waals surface area (Å²) in [7, 11) is 1.99. The lowest BCUT2D eigenvalue weighted by molar-refractivity contribution is 0.796. The van der Waals surface area contributed by atoms with Crippen LogP contribution in [-0.2, 0) is 6.42 Å². The van der Waals surface area contributed by atoms with Crippen LogP contribution in [0.4, 0.5) is 0 Å². The smallest absolute Gasteiger partial charge is 0.0487 e. The van der Waals surface area contributed by atoms with E-state index >= 15 is 0 Å². The monoisotopic (exact) mass is 269 g/mol. The summed E-state index contributed by atoms with van der Waals surface area (Å²) in [6.45, 7) is 1.04. The van der Waals surface area contributed by atoms with Crippen molar-refractivity contribution in [2.45, 2.75) is 6.42 Å². The number of likely N-dealkylation sites (N-methyl/N-ethyl adjacent to an activating group) is 1. The van der Waals surface area contributed by atoms with E-state index in [9.17, 15) is 0 Å². The summed E-state index contributed by atoms with van der Waals surface area (Å²) < 4.78 is 2.56. The van der Waals surface area contributed by atoms with Crippen LogP contribution in [0.3, 0.4) is 0 Å². The second kappa shape index (κ2) is 4.43. The highest BCUT2D eigenvalue weighted by Gasteiger charge is 2.05. The zero-order chi connectivity index (χ0) is 9.97. The van der Waals surface area contributed by atoms with Crippen LogP contribution in [0, 0.1) is 0 Å². The molecule has 1 aromatic carbocycles. The number of hydrogen-bond acceptors (Lipinski definition) is 2. The number of nitrogens with one attached hydrogen (secondary N) is 1. The van der Waals surface area contributed by atoms with Crippen LogP contribution in [-0.4, -0.2) is 13.6 Å². The van der Waals surface area contributed by atoms with E-state index in [4.69, 9.17) is 0 Å². The molecule has 1 N–H and O–H groups in total. The van der Waals surface area contributed by atoms with Crippen LogP contribution in [0.1, 0.15) is 5.56 Å². The van der Waals surface area contributed by atoms with E-state index in [1.807, 2.05) is 18.4 Å². The summed E-state index contributed by atoms with van der Waals surface area (Å²) in [6, 6.07) is 6.39. The van der Waals surface area contributed by atoms with Gasteiger partial charge < -0.3 is 5.32 Å². The first-order valence-corrected chi connectivity index (χ1v) is 6.29. The molecule has 14 heavy (non-hydrogen) atoms.